The van der Waals surface area contributed by atoms with Crippen molar-refractivity contribution in [2.24, 2.45) is 5.92 Å². The SMILES string of the molecule is Nc1ccc([C@@H]2C[C@H]2C(F)(F)F)cc1. The molecule has 0 amide bonds. The Kier molecular flexibility index (Phi) is 1.94. The predicted octanol–water partition coefficient (Wildman–Crippen LogP) is 2.93. The molecule has 0 aromatic heterocycles. The second kappa shape index (κ2) is 2.90. The molecule has 0 unspecified atom stereocenters. The number of hydrogen-bond donors (Lipinski definition) is 1. The summed E-state index contributed by atoms with van der Waals surface area (Å²) in [6.07, 6.45) is -3.83. The van der Waals surface area contributed by atoms with Crippen LogP contribution in [0.1, 0.15) is 17.9 Å². The lowest BCUT2D eigenvalue weighted by atomic mass is 10.1. The van der Waals surface area contributed by atoms with E-state index in [0.29, 0.717) is 5.69 Å². The standard InChI is InChI=1S/C10H10F3N/c11-10(12,13)9-5-8(9)6-1-3-7(14)4-2-6/h1-4,8-9H,5,14H2/t8-,9+/m0/s1. The Labute approximate surface area is 79.7 Å². The molecule has 4 heteroatoms. The van der Waals surface area contributed by atoms with E-state index in [-0.39, 0.29) is 12.3 Å². The lowest BCUT2D eigenvalue weighted by Crippen LogP contribution is -2.11. The summed E-state index contributed by atoms with van der Waals surface area (Å²) in [7, 11) is 0. The predicted molar refractivity (Wildman–Crippen MR) is 47.8 cm³/mol. The van der Waals surface area contributed by atoms with E-state index in [1.165, 1.54) is 0 Å². The summed E-state index contributed by atoms with van der Waals surface area (Å²) in [6, 6.07) is 6.62. The second-order valence-corrected chi connectivity index (χ2v) is 3.66. The molecule has 0 spiro atoms. The third-order valence-corrected chi connectivity index (χ3v) is 2.58. The van der Waals surface area contributed by atoms with Gasteiger partial charge < -0.3 is 5.73 Å². The Morgan fingerprint density at radius 3 is 2.14 bits per heavy atom. The minimum atomic E-state index is -4.05. The molecular formula is C10H10F3N. The van der Waals surface area contributed by atoms with Gasteiger partial charge in [-0.3, -0.25) is 0 Å². The largest absolute Gasteiger partial charge is 0.399 e. The normalized spacial score (nSPS) is 26.2. The zero-order valence-corrected chi connectivity index (χ0v) is 7.38. The molecule has 1 aromatic carbocycles. The van der Waals surface area contributed by atoms with Crippen molar-refractivity contribution in [1.82, 2.24) is 0 Å². The summed E-state index contributed by atoms with van der Waals surface area (Å²) >= 11 is 0. The zero-order chi connectivity index (χ0) is 10.3. The average molecular weight is 201 g/mol. The van der Waals surface area contributed by atoms with E-state index in [1.807, 2.05) is 0 Å². The second-order valence-electron chi connectivity index (χ2n) is 3.66. The number of benzene rings is 1. The first-order valence-corrected chi connectivity index (χ1v) is 4.40. The number of nitrogen functional groups attached to an aromatic ring is 1. The number of nitrogens with two attached hydrogens (primary N) is 1. The summed E-state index contributed by atoms with van der Waals surface area (Å²) in [4.78, 5) is 0. The highest BCUT2D eigenvalue weighted by atomic mass is 19.4. The molecule has 0 saturated heterocycles. The van der Waals surface area contributed by atoms with E-state index in [9.17, 15) is 13.2 Å². The van der Waals surface area contributed by atoms with Gasteiger partial charge in [-0.05, 0) is 30.0 Å². The number of halogens is 3. The van der Waals surface area contributed by atoms with Crippen LogP contribution in [-0.2, 0) is 0 Å². The number of anilines is 1. The first-order valence-electron chi connectivity index (χ1n) is 4.40. The van der Waals surface area contributed by atoms with Gasteiger partial charge in [-0.25, -0.2) is 0 Å². The van der Waals surface area contributed by atoms with E-state index in [0.717, 1.165) is 5.56 Å². The van der Waals surface area contributed by atoms with Crippen molar-refractivity contribution in [3.63, 3.8) is 0 Å². The van der Waals surface area contributed by atoms with E-state index in [1.54, 1.807) is 24.3 Å². The number of hydrogen-bond acceptors (Lipinski definition) is 1. The molecule has 76 valence electrons. The van der Waals surface area contributed by atoms with Crippen LogP contribution < -0.4 is 5.73 Å². The molecule has 1 aliphatic rings. The van der Waals surface area contributed by atoms with Crippen LogP contribution in [-0.4, -0.2) is 6.18 Å². The fourth-order valence-electron chi connectivity index (χ4n) is 1.67. The molecule has 0 bridgehead atoms. The summed E-state index contributed by atoms with van der Waals surface area (Å²) < 4.78 is 36.7. The highest BCUT2D eigenvalue weighted by Crippen LogP contribution is 2.56. The molecule has 1 nitrogen and oxygen atoms in total. The fourth-order valence-corrected chi connectivity index (χ4v) is 1.67. The molecule has 14 heavy (non-hydrogen) atoms. The van der Waals surface area contributed by atoms with Gasteiger partial charge >= 0.3 is 6.18 Å². The zero-order valence-electron chi connectivity index (χ0n) is 7.38. The van der Waals surface area contributed by atoms with Crippen LogP contribution in [0.3, 0.4) is 0 Å². The fraction of sp³-hybridized carbons (Fsp3) is 0.400. The van der Waals surface area contributed by atoms with Crippen LogP contribution >= 0.6 is 0 Å². The van der Waals surface area contributed by atoms with Crippen molar-refractivity contribution in [3.8, 4) is 0 Å². The quantitative estimate of drug-likeness (QED) is 0.694. The van der Waals surface area contributed by atoms with Crippen molar-refractivity contribution in [3.05, 3.63) is 29.8 Å². The van der Waals surface area contributed by atoms with Crippen molar-refractivity contribution in [1.29, 1.82) is 0 Å². The van der Waals surface area contributed by atoms with Crippen LogP contribution in [0.5, 0.6) is 0 Å². The third-order valence-electron chi connectivity index (χ3n) is 2.58. The maximum absolute atomic E-state index is 12.2. The minimum Gasteiger partial charge on any atom is -0.399 e. The Morgan fingerprint density at radius 2 is 1.71 bits per heavy atom. The van der Waals surface area contributed by atoms with Crippen LogP contribution in [0.25, 0.3) is 0 Å². The van der Waals surface area contributed by atoms with E-state index in [4.69, 9.17) is 5.73 Å². The van der Waals surface area contributed by atoms with Crippen molar-refractivity contribution >= 4 is 5.69 Å². The molecule has 1 fully saturated rings. The van der Waals surface area contributed by atoms with Gasteiger partial charge in [0.25, 0.3) is 0 Å². The van der Waals surface area contributed by atoms with Gasteiger partial charge in [0, 0.05) is 5.69 Å². The third kappa shape index (κ3) is 1.69. The van der Waals surface area contributed by atoms with Gasteiger partial charge in [-0.2, -0.15) is 13.2 Å². The lowest BCUT2D eigenvalue weighted by Gasteiger charge is -2.05. The summed E-state index contributed by atoms with van der Waals surface area (Å²) in [5.41, 5.74) is 6.76. The Morgan fingerprint density at radius 1 is 1.14 bits per heavy atom. The van der Waals surface area contributed by atoms with Crippen molar-refractivity contribution < 1.29 is 13.2 Å². The highest BCUT2D eigenvalue weighted by Gasteiger charge is 2.55. The van der Waals surface area contributed by atoms with Crippen molar-refractivity contribution in [2.45, 2.75) is 18.5 Å². The van der Waals surface area contributed by atoms with Gasteiger partial charge in [0.05, 0.1) is 5.92 Å². The summed E-state index contributed by atoms with van der Waals surface area (Å²) in [5, 5.41) is 0. The minimum absolute atomic E-state index is 0.216. The van der Waals surface area contributed by atoms with Crippen LogP contribution in [0, 0.1) is 5.92 Å². The van der Waals surface area contributed by atoms with Gasteiger partial charge in [0.1, 0.15) is 0 Å². The molecule has 0 radical (unpaired) electrons. The molecular weight excluding hydrogens is 191 g/mol. The topological polar surface area (TPSA) is 26.0 Å². The van der Waals surface area contributed by atoms with Gasteiger partial charge in [0.15, 0.2) is 0 Å². The summed E-state index contributed by atoms with van der Waals surface area (Å²) in [6.45, 7) is 0. The van der Waals surface area contributed by atoms with Gasteiger partial charge in [-0.15, -0.1) is 0 Å². The molecule has 0 aliphatic heterocycles. The first kappa shape index (κ1) is 9.37. The molecule has 1 aliphatic carbocycles. The van der Waals surface area contributed by atoms with E-state index < -0.39 is 12.1 Å². The Balaban J connectivity index is 2.10. The van der Waals surface area contributed by atoms with Crippen LogP contribution in [0.2, 0.25) is 0 Å². The Bertz CT molecular complexity index is 328. The van der Waals surface area contributed by atoms with Crippen molar-refractivity contribution in [2.75, 3.05) is 5.73 Å². The molecule has 2 N–H and O–H groups in total. The molecule has 0 heterocycles. The number of rotatable bonds is 1. The maximum atomic E-state index is 12.2. The van der Waals surface area contributed by atoms with Gasteiger partial charge in [0.2, 0.25) is 0 Å². The average Bonchev–Trinajstić information content (AvgIpc) is 2.83. The van der Waals surface area contributed by atoms with E-state index in [2.05, 4.69) is 0 Å². The molecule has 1 aromatic rings. The number of alkyl halides is 3. The molecule has 1 saturated carbocycles. The molecule has 2 rings (SSSR count). The van der Waals surface area contributed by atoms with Crippen LogP contribution in [0.15, 0.2) is 24.3 Å². The monoisotopic (exact) mass is 201 g/mol. The van der Waals surface area contributed by atoms with Crippen LogP contribution in [0.4, 0.5) is 18.9 Å². The molecule has 2 atom stereocenters. The Hall–Kier alpha value is -1.19. The lowest BCUT2D eigenvalue weighted by molar-refractivity contribution is -0.148. The highest BCUT2D eigenvalue weighted by molar-refractivity contribution is 5.41. The van der Waals surface area contributed by atoms with E-state index >= 15 is 0 Å². The maximum Gasteiger partial charge on any atom is 0.392 e. The smallest absolute Gasteiger partial charge is 0.392 e. The first-order chi connectivity index (χ1) is 6.48. The van der Waals surface area contributed by atoms with Gasteiger partial charge in [-0.1, -0.05) is 12.1 Å². The summed E-state index contributed by atoms with van der Waals surface area (Å²) in [5.74, 6) is -1.50.